The Morgan fingerprint density at radius 3 is 2.59 bits per heavy atom. The summed E-state index contributed by atoms with van der Waals surface area (Å²) < 4.78 is 34.5. The van der Waals surface area contributed by atoms with Gasteiger partial charge in [0.1, 0.15) is 0 Å². The lowest BCUT2D eigenvalue weighted by atomic mass is 10.0. The second-order valence-corrected chi connectivity index (χ2v) is 5.12. The largest absolute Gasteiger partial charge is 0.586 e. The van der Waals surface area contributed by atoms with Crippen molar-refractivity contribution >= 4 is 0 Å². The van der Waals surface area contributed by atoms with Gasteiger partial charge in [0.2, 0.25) is 0 Å². The van der Waals surface area contributed by atoms with Gasteiger partial charge in [-0.1, -0.05) is 19.9 Å². The summed E-state index contributed by atoms with van der Waals surface area (Å²) in [5.74, 6) is 2.06. The van der Waals surface area contributed by atoms with Crippen LogP contribution in [0.3, 0.4) is 0 Å². The minimum Gasteiger partial charge on any atom is -0.395 e. The predicted molar refractivity (Wildman–Crippen MR) is 58.3 cm³/mol. The molecule has 2 atom stereocenters. The number of ether oxygens (including phenoxy) is 2. The Morgan fingerprint density at radius 1 is 1.24 bits per heavy atom. The quantitative estimate of drug-likeness (QED) is 0.783. The van der Waals surface area contributed by atoms with Crippen LogP contribution in [0, 0.1) is 11.8 Å². The van der Waals surface area contributed by atoms with Gasteiger partial charge in [0, 0.05) is 0 Å². The summed E-state index contributed by atoms with van der Waals surface area (Å²) in [6.45, 7) is 4.37. The summed E-state index contributed by atoms with van der Waals surface area (Å²) >= 11 is 0. The van der Waals surface area contributed by atoms with Crippen molar-refractivity contribution in [3.8, 4) is 11.5 Å². The lowest BCUT2D eigenvalue weighted by Crippen LogP contribution is -2.25. The van der Waals surface area contributed by atoms with E-state index in [0.717, 1.165) is 12.0 Å². The Morgan fingerprint density at radius 2 is 1.94 bits per heavy atom. The summed E-state index contributed by atoms with van der Waals surface area (Å²) in [6, 6.07) is 5.11. The van der Waals surface area contributed by atoms with E-state index in [0.29, 0.717) is 17.8 Å². The molecule has 17 heavy (non-hydrogen) atoms. The minimum atomic E-state index is -3.51. The third-order valence-electron chi connectivity index (χ3n) is 3.55. The molecule has 1 saturated carbocycles. The zero-order chi connectivity index (χ0) is 12.2. The first kappa shape index (κ1) is 10.8. The molecule has 0 radical (unpaired) electrons. The molecule has 0 amide bonds. The number of benzene rings is 1. The summed E-state index contributed by atoms with van der Waals surface area (Å²) in [5.41, 5.74) is 1.07. The molecule has 2 aliphatic rings. The Bertz CT molecular complexity index is 457. The first-order valence-corrected chi connectivity index (χ1v) is 5.86. The van der Waals surface area contributed by atoms with Crippen LogP contribution in [0.15, 0.2) is 18.2 Å². The summed E-state index contributed by atoms with van der Waals surface area (Å²) in [4.78, 5) is 0. The van der Waals surface area contributed by atoms with Crippen molar-refractivity contribution in [1.82, 2.24) is 0 Å². The third kappa shape index (κ3) is 1.85. The highest BCUT2D eigenvalue weighted by atomic mass is 19.3. The van der Waals surface area contributed by atoms with E-state index in [9.17, 15) is 8.78 Å². The van der Waals surface area contributed by atoms with Crippen molar-refractivity contribution in [2.45, 2.75) is 32.5 Å². The van der Waals surface area contributed by atoms with E-state index in [2.05, 4.69) is 23.3 Å². The summed E-state index contributed by atoms with van der Waals surface area (Å²) in [5, 5.41) is 0. The van der Waals surface area contributed by atoms with Crippen LogP contribution in [0.5, 0.6) is 11.5 Å². The Balaban J connectivity index is 1.83. The van der Waals surface area contributed by atoms with Gasteiger partial charge in [-0.3, -0.25) is 0 Å². The van der Waals surface area contributed by atoms with Crippen LogP contribution < -0.4 is 9.47 Å². The molecule has 1 aliphatic heterocycles. The SMILES string of the molecule is CC(C)[C@H]1C[C@@H]1c1ccc2c(c1)OC(F)(F)O2. The van der Waals surface area contributed by atoms with Crippen LogP contribution in [0.2, 0.25) is 0 Å². The maximum absolute atomic E-state index is 12.8. The molecular formula is C13H14F2O2. The molecule has 0 N–H and O–H groups in total. The molecule has 1 fully saturated rings. The molecule has 0 saturated heterocycles. The van der Waals surface area contributed by atoms with Crippen LogP contribution in [-0.4, -0.2) is 6.29 Å². The average molecular weight is 240 g/mol. The molecule has 3 rings (SSSR count). The van der Waals surface area contributed by atoms with Gasteiger partial charge in [0.15, 0.2) is 11.5 Å². The standard InChI is InChI=1S/C13H14F2O2/c1-7(2)9-6-10(9)8-3-4-11-12(5-8)17-13(14,15)16-11/h3-5,7,9-10H,6H2,1-2H3/t9-,10-/m1/s1. The first-order valence-electron chi connectivity index (χ1n) is 5.86. The molecule has 1 aromatic carbocycles. The monoisotopic (exact) mass is 240 g/mol. The minimum absolute atomic E-state index is 0.125. The van der Waals surface area contributed by atoms with Crippen LogP contribution in [0.1, 0.15) is 31.7 Å². The lowest BCUT2D eigenvalue weighted by molar-refractivity contribution is -0.286. The van der Waals surface area contributed by atoms with E-state index in [1.165, 1.54) is 0 Å². The van der Waals surface area contributed by atoms with Crippen LogP contribution >= 0.6 is 0 Å². The van der Waals surface area contributed by atoms with Gasteiger partial charge < -0.3 is 9.47 Å². The first-order chi connectivity index (χ1) is 7.96. The molecule has 92 valence electrons. The average Bonchev–Trinajstić information content (AvgIpc) is 2.94. The molecule has 0 aromatic heterocycles. The predicted octanol–water partition coefficient (Wildman–Crippen LogP) is 3.77. The highest BCUT2D eigenvalue weighted by molar-refractivity contribution is 5.47. The Labute approximate surface area is 98.5 Å². The van der Waals surface area contributed by atoms with Gasteiger partial charge in [-0.25, -0.2) is 0 Å². The van der Waals surface area contributed by atoms with Crippen molar-refractivity contribution in [2.24, 2.45) is 11.8 Å². The fourth-order valence-corrected chi connectivity index (χ4v) is 2.53. The molecule has 0 spiro atoms. The van der Waals surface area contributed by atoms with Crippen molar-refractivity contribution < 1.29 is 18.3 Å². The third-order valence-corrected chi connectivity index (χ3v) is 3.55. The highest BCUT2D eigenvalue weighted by Crippen LogP contribution is 2.53. The van der Waals surface area contributed by atoms with Gasteiger partial charge >= 0.3 is 6.29 Å². The van der Waals surface area contributed by atoms with Crippen LogP contribution in [-0.2, 0) is 0 Å². The molecular weight excluding hydrogens is 226 g/mol. The summed E-state index contributed by atoms with van der Waals surface area (Å²) in [6.07, 6.45) is -2.38. The van der Waals surface area contributed by atoms with E-state index >= 15 is 0 Å². The van der Waals surface area contributed by atoms with E-state index in [1.807, 2.05) is 6.07 Å². The molecule has 2 nitrogen and oxygen atoms in total. The smallest absolute Gasteiger partial charge is 0.395 e. The molecule has 1 aliphatic carbocycles. The summed E-state index contributed by atoms with van der Waals surface area (Å²) in [7, 11) is 0. The van der Waals surface area contributed by atoms with E-state index < -0.39 is 6.29 Å². The van der Waals surface area contributed by atoms with Crippen molar-refractivity contribution in [3.63, 3.8) is 0 Å². The van der Waals surface area contributed by atoms with Crippen LogP contribution in [0.4, 0.5) is 8.78 Å². The number of hydrogen-bond donors (Lipinski definition) is 0. The van der Waals surface area contributed by atoms with E-state index in [1.54, 1.807) is 12.1 Å². The van der Waals surface area contributed by atoms with Crippen molar-refractivity contribution in [3.05, 3.63) is 23.8 Å². The van der Waals surface area contributed by atoms with E-state index in [4.69, 9.17) is 0 Å². The molecule has 1 heterocycles. The Kier molecular flexibility index (Phi) is 2.12. The second kappa shape index (κ2) is 3.34. The van der Waals surface area contributed by atoms with E-state index in [-0.39, 0.29) is 11.5 Å². The zero-order valence-electron chi connectivity index (χ0n) is 9.74. The van der Waals surface area contributed by atoms with Gasteiger partial charge in [-0.15, -0.1) is 8.78 Å². The van der Waals surface area contributed by atoms with Crippen molar-refractivity contribution in [1.29, 1.82) is 0 Å². The van der Waals surface area contributed by atoms with Gasteiger partial charge in [0.25, 0.3) is 0 Å². The maximum Gasteiger partial charge on any atom is 0.586 e. The second-order valence-electron chi connectivity index (χ2n) is 5.12. The molecule has 0 bridgehead atoms. The maximum atomic E-state index is 12.8. The number of rotatable bonds is 2. The zero-order valence-corrected chi connectivity index (χ0v) is 9.74. The number of alkyl halides is 2. The lowest BCUT2D eigenvalue weighted by Gasteiger charge is -2.05. The molecule has 1 aromatic rings. The fourth-order valence-electron chi connectivity index (χ4n) is 2.53. The van der Waals surface area contributed by atoms with Gasteiger partial charge in [-0.05, 0) is 41.9 Å². The number of fused-ring (bicyclic) bond motifs is 1. The Hall–Kier alpha value is -1.32. The molecule has 4 heteroatoms. The number of hydrogen-bond acceptors (Lipinski definition) is 2. The highest BCUT2D eigenvalue weighted by Gasteiger charge is 2.45. The van der Waals surface area contributed by atoms with Crippen LogP contribution in [0.25, 0.3) is 0 Å². The number of halogens is 2. The topological polar surface area (TPSA) is 18.5 Å². The van der Waals surface area contributed by atoms with Crippen molar-refractivity contribution in [2.75, 3.05) is 0 Å². The van der Waals surface area contributed by atoms with Gasteiger partial charge in [-0.2, -0.15) is 0 Å². The van der Waals surface area contributed by atoms with Gasteiger partial charge in [0.05, 0.1) is 0 Å². The molecule has 0 unspecified atom stereocenters. The normalized spacial score (nSPS) is 28.5. The fraction of sp³-hybridized carbons (Fsp3) is 0.538.